The van der Waals surface area contributed by atoms with Crippen molar-refractivity contribution in [2.24, 2.45) is 5.92 Å². The van der Waals surface area contributed by atoms with Crippen LogP contribution in [0.5, 0.6) is 0 Å². The van der Waals surface area contributed by atoms with Crippen LogP contribution in [0.2, 0.25) is 0 Å². The molecule has 2 heterocycles. The second-order valence-corrected chi connectivity index (χ2v) is 9.78. The van der Waals surface area contributed by atoms with Crippen LogP contribution in [0.1, 0.15) is 44.9 Å². The molecule has 1 atom stereocenters. The minimum atomic E-state index is -3.70. The van der Waals surface area contributed by atoms with E-state index in [0.717, 1.165) is 37.5 Å². The number of amides is 1. The first kappa shape index (κ1) is 19.3. The molecule has 1 amide bonds. The molecule has 1 saturated carbocycles. The third-order valence-corrected chi connectivity index (χ3v) is 7.82. The van der Waals surface area contributed by atoms with Gasteiger partial charge >= 0.3 is 0 Å². The highest BCUT2D eigenvalue weighted by Gasteiger charge is 2.35. The Morgan fingerprint density at radius 3 is 2.64 bits per heavy atom. The van der Waals surface area contributed by atoms with E-state index in [1.165, 1.54) is 10.7 Å². The molecule has 2 aromatic rings. The first-order valence-corrected chi connectivity index (χ1v) is 11.6. The number of nitrogens with zero attached hydrogens (tertiary/aromatic N) is 2. The number of hydrogen-bond donors (Lipinski definition) is 1. The number of sulfonamides is 1. The quantitative estimate of drug-likeness (QED) is 0.854. The van der Waals surface area contributed by atoms with Gasteiger partial charge in [0.1, 0.15) is 4.90 Å². The topological polar surface area (TPSA) is 79.4 Å². The van der Waals surface area contributed by atoms with Gasteiger partial charge in [0.2, 0.25) is 15.9 Å². The van der Waals surface area contributed by atoms with E-state index in [9.17, 15) is 13.2 Å². The molecule has 1 aromatic heterocycles. The largest absolute Gasteiger partial charge is 0.353 e. The molecule has 6 nitrogen and oxygen atoms in total. The van der Waals surface area contributed by atoms with Crippen LogP contribution in [0.4, 0.5) is 0 Å². The molecule has 150 valence electrons. The Balaban J connectivity index is 1.52. The van der Waals surface area contributed by atoms with Gasteiger partial charge in [-0.25, -0.2) is 8.42 Å². The number of para-hydroxylation sites is 1. The Kier molecular flexibility index (Phi) is 5.64. The van der Waals surface area contributed by atoms with E-state index in [4.69, 9.17) is 0 Å². The normalized spacial score (nSPS) is 22.2. The predicted octanol–water partition coefficient (Wildman–Crippen LogP) is 3.08. The Bertz CT molecular complexity index is 949. The molecular formula is C21H27N3O3S. The van der Waals surface area contributed by atoms with Crippen LogP contribution >= 0.6 is 0 Å². The smallest absolute Gasteiger partial charge is 0.245 e. The molecule has 1 saturated heterocycles. The summed E-state index contributed by atoms with van der Waals surface area (Å²) in [4.78, 5) is 17.3. The zero-order valence-corrected chi connectivity index (χ0v) is 16.8. The van der Waals surface area contributed by atoms with Crippen LogP contribution in [-0.2, 0) is 14.8 Å². The molecule has 1 aromatic carbocycles. The van der Waals surface area contributed by atoms with Crippen LogP contribution in [-0.4, -0.2) is 42.7 Å². The van der Waals surface area contributed by atoms with Crippen molar-refractivity contribution in [3.63, 3.8) is 0 Å². The van der Waals surface area contributed by atoms with Crippen molar-refractivity contribution in [2.75, 3.05) is 13.1 Å². The molecule has 28 heavy (non-hydrogen) atoms. The summed E-state index contributed by atoms with van der Waals surface area (Å²) in [6.07, 6.45) is 8.65. The summed E-state index contributed by atoms with van der Waals surface area (Å²) >= 11 is 0. The van der Waals surface area contributed by atoms with Crippen molar-refractivity contribution in [2.45, 2.75) is 55.9 Å². The zero-order valence-electron chi connectivity index (χ0n) is 16.0. The number of benzene rings is 1. The summed E-state index contributed by atoms with van der Waals surface area (Å²) in [5.41, 5.74) is 0.485. The molecule has 7 heteroatoms. The summed E-state index contributed by atoms with van der Waals surface area (Å²) in [5.74, 6) is -0.281. The lowest BCUT2D eigenvalue weighted by Crippen LogP contribution is -2.47. The number of carbonyl (C=O) groups is 1. The highest BCUT2D eigenvalue weighted by atomic mass is 32.2. The molecule has 2 aliphatic rings. The van der Waals surface area contributed by atoms with E-state index in [-0.39, 0.29) is 29.3 Å². The van der Waals surface area contributed by atoms with Gasteiger partial charge in [0.25, 0.3) is 0 Å². The summed E-state index contributed by atoms with van der Waals surface area (Å²) < 4.78 is 28.1. The minimum absolute atomic E-state index is 0.00263. The number of piperidine rings is 1. The maximum Gasteiger partial charge on any atom is 0.245 e. The number of aromatic nitrogens is 1. The number of hydrogen-bond acceptors (Lipinski definition) is 4. The van der Waals surface area contributed by atoms with Crippen molar-refractivity contribution in [1.82, 2.24) is 14.6 Å². The third-order valence-electron chi connectivity index (χ3n) is 5.92. The van der Waals surface area contributed by atoms with Gasteiger partial charge in [0, 0.05) is 30.7 Å². The molecule has 0 spiro atoms. The molecule has 0 unspecified atom stereocenters. The molecule has 0 radical (unpaired) electrons. The molecule has 0 bridgehead atoms. The van der Waals surface area contributed by atoms with Gasteiger partial charge < -0.3 is 5.32 Å². The Labute approximate surface area is 166 Å². The number of pyridine rings is 1. The van der Waals surface area contributed by atoms with Crippen LogP contribution in [0.15, 0.2) is 41.4 Å². The summed E-state index contributed by atoms with van der Waals surface area (Å²) in [6.45, 7) is 0.683. The van der Waals surface area contributed by atoms with Crippen molar-refractivity contribution in [1.29, 1.82) is 0 Å². The van der Waals surface area contributed by atoms with Crippen LogP contribution in [0.25, 0.3) is 10.9 Å². The highest BCUT2D eigenvalue weighted by Crippen LogP contribution is 2.28. The van der Waals surface area contributed by atoms with E-state index < -0.39 is 10.0 Å². The van der Waals surface area contributed by atoms with Gasteiger partial charge in [-0.05, 0) is 37.8 Å². The zero-order chi connectivity index (χ0) is 19.6. The van der Waals surface area contributed by atoms with Crippen molar-refractivity contribution >= 4 is 26.8 Å². The van der Waals surface area contributed by atoms with E-state index in [2.05, 4.69) is 10.3 Å². The van der Waals surface area contributed by atoms with Gasteiger partial charge in [0.15, 0.2) is 0 Å². The fraction of sp³-hybridized carbons (Fsp3) is 0.524. The fourth-order valence-corrected chi connectivity index (χ4v) is 6.05. The average Bonchev–Trinajstić information content (AvgIpc) is 2.74. The molecule has 1 aliphatic carbocycles. The highest BCUT2D eigenvalue weighted by molar-refractivity contribution is 7.89. The summed E-state index contributed by atoms with van der Waals surface area (Å²) in [6, 6.07) is 9.11. The van der Waals surface area contributed by atoms with Crippen molar-refractivity contribution < 1.29 is 13.2 Å². The average molecular weight is 402 g/mol. The molecule has 4 rings (SSSR count). The number of nitrogens with one attached hydrogen (secondary N) is 1. The SMILES string of the molecule is O=C(NC1CCCCC1)[C@H]1CCCN(S(=O)(=O)c2cccc3cccnc23)C1. The third kappa shape index (κ3) is 3.91. The Hall–Kier alpha value is -1.99. The maximum absolute atomic E-state index is 13.3. The molecule has 1 aliphatic heterocycles. The molecular weight excluding hydrogens is 374 g/mol. The van der Waals surface area contributed by atoms with E-state index in [0.29, 0.717) is 18.5 Å². The monoisotopic (exact) mass is 401 g/mol. The first-order chi connectivity index (χ1) is 13.6. The van der Waals surface area contributed by atoms with Crippen molar-refractivity contribution in [3.8, 4) is 0 Å². The number of carbonyl (C=O) groups excluding carboxylic acids is 1. The van der Waals surface area contributed by atoms with Crippen LogP contribution in [0, 0.1) is 5.92 Å². The lowest BCUT2D eigenvalue weighted by molar-refractivity contribution is -0.127. The van der Waals surface area contributed by atoms with Gasteiger partial charge in [-0.15, -0.1) is 0 Å². The standard InChI is InChI=1S/C21H27N3O3S/c25-21(23-18-10-2-1-3-11-18)17-9-6-14-24(15-17)28(26,27)19-12-4-7-16-8-5-13-22-20(16)19/h4-5,7-8,12-13,17-18H,1-3,6,9-11,14-15H2,(H,23,25)/t17-/m0/s1. The van der Waals surface area contributed by atoms with Gasteiger partial charge in [-0.3, -0.25) is 9.78 Å². The number of rotatable bonds is 4. The maximum atomic E-state index is 13.3. The fourth-order valence-electron chi connectivity index (χ4n) is 4.36. The molecule has 1 N–H and O–H groups in total. The first-order valence-electron chi connectivity index (χ1n) is 10.2. The van der Waals surface area contributed by atoms with E-state index in [1.54, 1.807) is 24.4 Å². The van der Waals surface area contributed by atoms with Gasteiger partial charge in [-0.1, -0.05) is 37.5 Å². The lowest BCUT2D eigenvalue weighted by atomic mass is 9.93. The van der Waals surface area contributed by atoms with Crippen LogP contribution in [0.3, 0.4) is 0 Å². The lowest BCUT2D eigenvalue weighted by Gasteiger charge is -2.33. The van der Waals surface area contributed by atoms with Crippen LogP contribution < -0.4 is 5.32 Å². The number of fused-ring (bicyclic) bond motifs is 1. The second kappa shape index (κ2) is 8.17. The minimum Gasteiger partial charge on any atom is -0.353 e. The Morgan fingerprint density at radius 1 is 1.04 bits per heavy atom. The van der Waals surface area contributed by atoms with Gasteiger partial charge in [0.05, 0.1) is 11.4 Å². The second-order valence-electron chi connectivity index (χ2n) is 7.88. The summed E-state index contributed by atoms with van der Waals surface area (Å²) in [5, 5.41) is 3.96. The van der Waals surface area contributed by atoms with E-state index >= 15 is 0 Å². The van der Waals surface area contributed by atoms with Crippen molar-refractivity contribution in [3.05, 3.63) is 36.5 Å². The molecule has 2 fully saturated rings. The van der Waals surface area contributed by atoms with E-state index in [1.807, 2.05) is 12.1 Å². The van der Waals surface area contributed by atoms with Gasteiger partial charge in [-0.2, -0.15) is 4.31 Å². The predicted molar refractivity (Wildman–Crippen MR) is 108 cm³/mol. The summed E-state index contributed by atoms with van der Waals surface area (Å²) in [7, 11) is -3.70. The Morgan fingerprint density at radius 2 is 1.82 bits per heavy atom.